The van der Waals surface area contributed by atoms with Crippen LogP contribution >= 0.6 is 0 Å². The predicted molar refractivity (Wildman–Crippen MR) is 104 cm³/mol. The van der Waals surface area contributed by atoms with Gasteiger partial charge in [0.1, 0.15) is 6.04 Å². The van der Waals surface area contributed by atoms with E-state index in [1.54, 1.807) is 0 Å². The Kier molecular flexibility index (Phi) is 5.31. The van der Waals surface area contributed by atoms with Gasteiger partial charge in [-0.2, -0.15) is 0 Å². The average Bonchev–Trinajstić information content (AvgIpc) is 2.65. The fraction of sp³-hybridized carbons (Fsp3) is 0.600. The van der Waals surface area contributed by atoms with Crippen molar-refractivity contribution < 1.29 is 14.3 Å². The number of rotatable bonds is 5. The van der Waals surface area contributed by atoms with Crippen LogP contribution in [0.4, 0.5) is 11.4 Å². The number of nitrogens with one attached hydrogen (secondary N) is 2. The molecule has 7 heteroatoms. The van der Waals surface area contributed by atoms with Crippen LogP contribution in [0.1, 0.15) is 25.7 Å². The summed E-state index contributed by atoms with van der Waals surface area (Å²) in [5.41, 5.74) is 2.20. The van der Waals surface area contributed by atoms with Crippen molar-refractivity contribution in [1.29, 1.82) is 0 Å². The summed E-state index contributed by atoms with van der Waals surface area (Å²) < 4.78 is 5.24. The second kappa shape index (κ2) is 7.86. The maximum Gasteiger partial charge on any atom is 0.249 e. The Morgan fingerprint density at radius 3 is 2.59 bits per heavy atom. The third kappa shape index (κ3) is 4.09. The minimum Gasteiger partial charge on any atom is -0.378 e. The number of piperidine rings is 2. The highest BCUT2D eigenvalue weighted by Gasteiger charge is 2.30. The molecule has 3 fully saturated rings. The summed E-state index contributed by atoms with van der Waals surface area (Å²) in [7, 11) is 1.93. The Hall–Kier alpha value is -2.12. The van der Waals surface area contributed by atoms with Crippen LogP contribution in [0.25, 0.3) is 0 Å². The van der Waals surface area contributed by atoms with Crippen LogP contribution in [0.2, 0.25) is 0 Å². The van der Waals surface area contributed by atoms with Gasteiger partial charge < -0.3 is 19.9 Å². The van der Waals surface area contributed by atoms with Gasteiger partial charge in [0.05, 0.1) is 19.3 Å². The number of hydrogen-bond acceptors (Lipinski definition) is 6. The van der Waals surface area contributed by atoms with E-state index in [9.17, 15) is 9.59 Å². The molecule has 1 atom stereocenters. The van der Waals surface area contributed by atoms with E-state index < -0.39 is 0 Å². The van der Waals surface area contributed by atoms with E-state index in [-0.39, 0.29) is 17.9 Å². The summed E-state index contributed by atoms with van der Waals surface area (Å²) in [6.07, 6.45) is 3.22. The van der Waals surface area contributed by atoms with Crippen molar-refractivity contribution in [2.24, 2.45) is 0 Å². The second-order valence-electron chi connectivity index (χ2n) is 7.76. The van der Waals surface area contributed by atoms with Gasteiger partial charge in [0.2, 0.25) is 11.8 Å². The van der Waals surface area contributed by atoms with Crippen molar-refractivity contribution in [3.05, 3.63) is 24.3 Å². The Bertz CT molecular complexity index is 698. The molecular weight excluding hydrogens is 344 g/mol. The quantitative estimate of drug-likeness (QED) is 0.748. The summed E-state index contributed by atoms with van der Waals surface area (Å²) in [5, 5.41) is 6.12. The largest absolute Gasteiger partial charge is 0.378 e. The number of hydrogen-bond donors (Lipinski definition) is 2. The predicted octanol–water partition coefficient (Wildman–Crippen LogP) is 0.885. The van der Waals surface area contributed by atoms with Gasteiger partial charge in [0.25, 0.3) is 0 Å². The highest BCUT2D eigenvalue weighted by atomic mass is 16.5. The zero-order valence-corrected chi connectivity index (χ0v) is 15.8. The summed E-state index contributed by atoms with van der Waals surface area (Å²) in [5.74, 6) is -0.380. The topological polar surface area (TPSA) is 73.9 Å². The molecule has 0 aromatic heterocycles. The van der Waals surface area contributed by atoms with Crippen LogP contribution in [-0.4, -0.2) is 63.3 Å². The number of imide groups is 1. The molecule has 3 saturated heterocycles. The Morgan fingerprint density at radius 1 is 1.15 bits per heavy atom. The van der Waals surface area contributed by atoms with E-state index in [1.165, 1.54) is 5.69 Å². The summed E-state index contributed by atoms with van der Waals surface area (Å²) in [6, 6.07) is 9.17. The van der Waals surface area contributed by atoms with Gasteiger partial charge in [0.15, 0.2) is 0 Å². The molecule has 27 heavy (non-hydrogen) atoms. The van der Waals surface area contributed by atoms with Gasteiger partial charge in [-0.25, -0.2) is 0 Å². The van der Waals surface area contributed by atoms with E-state index in [0.29, 0.717) is 24.9 Å². The van der Waals surface area contributed by atoms with Crippen LogP contribution in [0.15, 0.2) is 24.3 Å². The van der Waals surface area contributed by atoms with Crippen molar-refractivity contribution >= 4 is 23.2 Å². The smallest absolute Gasteiger partial charge is 0.249 e. The normalized spacial score (nSPS) is 24.5. The molecule has 4 rings (SSSR count). The fourth-order valence-corrected chi connectivity index (χ4v) is 4.11. The van der Waals surface area contributed by atoms with Crippen LogP contribution in [0.3, 0.4) is 0 Å². The Labute approximate surface area is 160 Å². The molecule has 0 spiro atoms. The number of carbonyl (C=O) groups is 2. The number of anilines is 2. The van der Waals surface area contributed by atoms with Crippen LogP contribution in [0.5, 0.6) is 0 Å². The Morgan fingerprint density at radius 2 is 1.93 bits per heavy atom. The van der Waals surface area contributed by atoms with Gasteiger partial charge >= 0.3 is 0 Å². The van der Waals surface area contributed by atoms with E-state index in [4.69, 9.17) is 4.74 Å². The molecule has 0 aliphatic carbocycles. The lowest BCUT2D eigenvalue weighted by Gasteiger charge is -2.38. The van der Waals surface area contributed by atoms with Crippen LogP contribution < -0.4 is 20.4 Å². The first-order valence-electron chi connectivity index (χ1n) is 9.85. The second-order valence-corrected chi connectivity index (χ2v) is 7.76. The van der Waals surface area contributed by atoms with Gasteiger partial charge in [0, 0.05) is 44.0 Å². The van der Waals surface area contributed by atoms with Gasteiger partial charge in [-0.3, -0.25) is 14.9 Å². The molecule has 3 aliphatic heterocycles. The average molecular weight is 372 g/mol. The maximum absolute atomic E-state index is 12.2. The number of carbonyl (C=O) groups excluding carboxylic acids is 2. The molecule has 3 aliphatic rings. The van der Waals surface area contributed by atoms with E-state index >= 15 is 0 Å². The first-order valence-corrected chi connectivity index (χ1v) is 9.85. The minimum absolute atomic E-state index is 0.177. The van der Waals surface area contributed by atoms with Gasteiger partial charge in [-0.05, 0) is 37.5 Å². The van der Waals surface area contributed by atoms with Crippen molar-refractivity contribution in [2.45, 2.75) is 43.8 Å². The van der Waals surface area contributed by atoms with E-state index in [0.717, 1.165) is 44.8 Å². The highest BCUT2D eigenvalue weighted by molar-refractivity contribution is 6.01. The molecule has 7 nitrogen and oxygen atoms in total. The first kappa shape index (κ1) is 18.3. The summed E-state index contributed by atoms with van der Waals surface area (Å²) in [4.78, 5) is 27.9. The SMILES string of the molecule is CN(c1cccc(N2CCC(NC3COC3)CC2)c1)C1CCC(=O)NC1=O. The summed E-state index contributed by atoms with van der Waals surface area (Å²) in [6.45, 7) is 3.73. The maximum atomic E-state index is 12.2. The molecule has 1 aromatic rings. The monoisotopic (exact) mass is 372 g/mol. The third-order valence-corrected chi connectivity index (χ3v) is 5.88. The zero-order valence-electron chi connectivity index (χ0n) is 15.8. The molecule has 2 amide bonds. The van der Waals surface area contributed by atoms with Crippen LogP contribution in [-0.2, 0) is 14.3 Å². The molecule has 1 unspecified atom stereocenters. The van der Waals surface area contributed by atoms with Gasteiger partial charge in [-0.15, -0.1) is 0 Å². The standard InChI is InChI=1S/C20H28N4O3/c1-23(18-5-6-19(25)22-20(18)26)16-3-2-4-17(11-16)24-9-7-14(8-10-24)21-15-12-27-13-15/h2-4,11,14-15,18,21H,5-10,12-13H2,1H3,(H,22,25,26). The molecule has 146 valence electrons. The zero-order chi connectivity index (χ0) is 18.8. The van der Waals surface area contributed by atoms with Crippen molar-refractivity contribution in [3.8, 4) is 0 Å². The fourth-order valence-electron chi connectivity index (χ4n) is 4.11. The molecule has 2 N–H and O–H groups in total. The Balaban J connectivity index is 1.37. The first-order chi connectivity index (χ1) is 13.1. The lowest BCUT2D eigenvalue weighted by molar-refractivity contribution is -0.134. The number of nitrogens with zero attached hydrogens (tertiary/aromatic N) is 2. The van der Waals surface area contributed by atoms with E-state index in [2.05, 4.69) is 27.7 Å². The molecule has 3 heterocycles. The van der Waals surface area contributed by atoms with Crippen molar-refractivity contribution in [1.82, 2.24) is 10.6 Å². The van der Waals surface area contributed by atoms with Crippen molar-refractivity contribution in [3.63, 3.8) is 0 Å². The molecule has 0 saturated carbocycles. The van der Waals surface area contributed by atoms with Crippen molar-refractivity contribution in [2.75, 3.05) is 43.2 Å². The number of ether oxygens (including phenoxy) is 1. The highest BCUT2D eigenvalue weighted by Crippen LogP contribution is 2.27. The molecular formula is C20H28N4O3. The molecule has 0 bridgehead atoms. The lowest BCUT2D eigenvalue weighted by atomic mass is 10.0. The minimum atomic E-state index is -0.294. The lowest BCUT2D eigenvalue weighted by Crippen LogP contribution is -2.53. The molecule has 0 radical (unpaired) electrons. The van der Waals surface area contributed by atoms with Crippen LogP contribution in [0, 0.1) is 0 Å². The van der Waals surface area contributed by atoms with Gasteiger partial charge in [-0.1, -0.05) is 6.07 Å². The number of likely N-dealkylation sites (N-methyl/N-ethyl adjacent to an activating group) is 1. The summed E-state index contributed by atoms with van der Waals surface area (Å²) >= 11 is 0. The third-order valence-electron chi connectivity index (χ3n) is 5.88. The molecule has 1 aromatic carbocycles. The van der Waals surface area contributed by atoms with E-state index in [1.807, 2.05) is 24.1 Å². The number of amides is 2. The number of benzene rings is 1.